The molecule has 0 spiro atoms. The highest BCUT2D eigenvalue weighted by atomic mass is 35.5. The molecule has 26 heavy (non-hydrogen) atoms. The number of benzene rings is 1. The lowest BCUT2D eigenvalue weighted by Crippen LogP contribution is -2.40. The first-order chi connectivity index (χ1) is 12.1. The Kier molecular flexibility index (Phi) is 6.17. The number of nitrogens with zero attached hydrogens (tertiary/aromatic N) is 2. The van der Waals surface area contributed by atoms with Gasteiger partial charge in [-0.2, -0.15) is 13.2 Å². The third kappa shape index (κ3) is 4.91. The molecule has 0 bridgehead atoms. The monoisotopic (exact) mass is 390 g/mol. The van der Waals surface area contributed by atoms with E-state index < -0.39 is 17.7 Å². The van der Waals surface area contributed by atoms with E-state index in [0.717, 1.165) is 6.07 Å². The summed E-state index contributed by atoms with van der Waals surface area (Å²) in [4.78, 5) is 25.8. The molecule has 0 aromatic heterocycles. The fraction of sp³-hybridized carbons (Fsp3) is 0.412. The molecule has 0 fully saturated rings. The molecule has 1 atom stereocenters. The van der Waals surface area contributed by atoms with Crippen molar-refractivity contribution in [3.63, 3.8) is 0 Å². The molecule has 1 aliphatic heterocycles. The minimum Gasteiger partial charge on any atom is -0.481 e. The number of aliphatic carboxylic acids is 1. The highest BCUT2D eigenvalue weighted by molar-refractivity contribution is 6.31. The molecule has 1 aliphatic rings. The smallest absolute Gasteiger partial charge is 0.417 e. The van der Waals surface area contributed by atoms with Gasteiger partial charge < -0.3 is 14.9 Å². The number of carboxylic acid groups (broad SMARTS) is 1. The summed E-state index contributed by atoms with van der Waals surface area (Å²) < 4.78 is 39.2. The summed E-state index contributed by atoms with van der Waals surface area (Å²) in [5.74, 6) is -1.26. The molecule has 1 amide bonds. The second-order valence-corrected chi connectivity index (χ2v) is 6.42. The average molecular weight is 391 g/mol. The zero-order chi connectivity index (χ0) is 19.5. The van der Waals surface area contributed by atoms with E-state index in [-0.39, 0.29) is 42.2 Å². The summed E-state index contributed by atoms with van der Waals surface area (Å²) in [7, 11) is 0. The van der Waals surface area contributed by atoms with Gasteiger partial charge in [-0.3, -0.25) is 9.59 Å². The number of alkyl halides is 3. The first-order valence-electron chi connectivity index (χ1n) is 7.93. The van der Waals surface area contributed by atoms with Crippen LogP contribution in [0.25, 0.3) is 0 Å². The number of carbonyl (C=O) groups is 2. The van der Waals surface area contributed by atoms with Gasteiger partial charge in [-0.25, -0.2) is 0 Å². The molecule has 1 aromatic rings. The van der Waals surface area contributed by atoms with Crippen molar-refractivity contribution < 1.29 is 27.9 Å². The lowest BCUT2D eigenvalue weighted by Gasteiger charge is -2.30. The van der Waals surface area contributed by atoms with Gasteiger partial charge >= 0.3 is 12.1 Å². The van der Waals surface area contributed by atoms with Gasteiger partial charge in [0.05, 0.1) is 10.6 Å². The molecule has 0 aliphatic carbocycles. The molecule has 0 unspecified atom stereocenters. The van der Waals surface area contributed by atoms with Crippen LogP contribution in [0.3, 0.4) is 0 Å². The summed E-state index contributed by atoms with van der Waals surface area (Å²) in [6.07, 6.45) is -1.62. The third-order valence-electron chi connectivity index (χ3n) is 4.02. The van der Waals surface area contributed by atoms with Gasteiger partial charge in [0, 0.05) is 43.5 Å². The Morgan fingerprint density at radius 1 is 1.38 bits per heavy atom. The lowest BCUT2D eigenvalue weighted by atomic mass is 10.1. The molecule has 0 saturated heterocycles. The van der Waals surface area contributed by atoms with E-state index in [1.54, 1.807) is 11.8 Å². The average Bonchev–Trinajstić information content (AvgIpc) is 2.66. The van der Waals surface area contributed by atoms with E-state index in [2.05, 4.69) is 0 Å². The Hall–Kier alpha value is -2.22. The molecule has 0 radical (unpaired) electrons. The predicted molar refractivity (Wildman–Crippen MR) is 91.0 cm³/mol. The molecule has 142 valence electrons. The molecule has 9 heteroatoms. The van der Waals surface area contributed by atoms with Crippen molar-refractivity contribution in [1.29, 1.82) is 0 Å². The zero-order valence-corrected chi connectivity index (χ0v) is 14.7. The molecular formula is C17H18ClF3N2O3. The molecule has 1 N–H and O–H groups in total. The second kappa shape index (κ2) is 7.99. The van der Waals surface area contributed by atoms with Crippen LogP contribution in [-0.2, 0) is 15.8 Å². The van der Waals surface area contributed by atoms with E-state index in [1.165, 1.54) is 29.3 Å². The van der Waals surface area contributed by atoms with Crippen molar-refractivity contribution in [3.8, 4) is 0 Å². The summed E-state index contributed by atoms with van der Waals surface area (Å²) in [5.41, 5.74) is -0.670. The van der Waals surface area contributed by atoms with E-state index in [0.29, 0.717) is 6.42 Å². The Morgan fingerprint density at radius 3 is 2.69 bits per heavy atom. The maximum atomic E-state index is 13.1. The SMILES string of the molecule is C[C@@H]1CN(CCCC(=O)O)C(=O)C=CN1c1ccc(Cl)c(C(F)(F)F)c1. The predicted octanol–water partition coefficient (Wildman–Crippen LogP) is 3.77. The summed E-state index contributed by atoms with van der Waals surface area (Å²) in [6, 6.07) is 3.29. The van der Waals surface area contributed by atoms with Gasteiger partial charge in [0.25, 0.3) is 0 Å². The molecule has 1 aromatic carbocycles. The minimum absolute atomic E-state index is 0.0578. The lowest BCUT2D eigenvalue weighted by molar-refractivity contribution is -0.138. The third-order valence-corrected chi connectivity index (χ3v) is 4.35. The molecule has 0 saturated carbocycles. The summed E-state index contributed by atoms with van der Waals surface area (Å²) >= 11 is 5.65. The minimum atomic E-state index is -4.58. The van der Waals surface area contributed by atoms with Crippen LogP contribution in [0.15, 0.2) is 30.5 Å². The van der Waals surface area contributed by atoms with Crippen LogP contribution < -0.4 is 4.90 Å². The van der Waals surface area contributed by atoms with E-state index in [1.807, 2.05) is 0 Å². The van der Waals surface area contributed by atoms with Crippen LogP contribution in [0.2, 0.25) is 5.02 Å². The van der Waals surface area contributed by atoms with Crippen LogP contribution in [0.4, 0.5) is 18.9 Å². The number of anilines is 1. The number of hydrogen-bond donors (Lipinski definition) is 1. The van der Waals surface area contributed by atoms with E-state index >= 15 is 0 Å². The molecule has 1 heterocycles. The molecular weight excluding hydrogens is 373 g/mol. The van der Waals surface area contributed by atoms with Crippen molar-refractivity contribution in [2.24, 2.45) is 0 Å². The van der Waals surface area contributed by atoms with Crippen molar-refractivity contribution in [3.05, 3.63) is 41.1 Å². The Balaban J connectivity index is 2.21. The number of halogens is 4. The Morgan fingerprint density at radius 2 is 2.08 bits per heavy atom. The quantitative estimate of drug-likeness (QED) is 0.831. The number of carbonyl (C=O) groups excluding carboxylic acids is 1. The van der Waals surface area contributed by atoms with Crippen molar-refractivity contribution in [2.45, 2.75) is 32.0 Å². The molecule has 5 nitrogen and oxygen atoms in total. The highest BCUT2D eigenvalue weighted by Crippen LogP contribution is 2.37. The number of carboxylic acids is 1. The number of rotatable bonds is 5. The van der Waals surface area contributed by atoms with Gasteiger partial charge in [-0.1, -0.05) is 11.6 Å². The number of amides is 1. The summed E-state index contributed by atoms with van der Waals surface area (Å²) in [6.45, 7) is 2.30. The van der Waals surface area contributed by atoms with Crippen molar-refractivity contribution in [2.75, 3.05) is 18.0 Å². The fourth-order valence-electron chi connectivity index (χ4n) is 2.75. The van der Waals surface area contributed by atoms with Gasteiger partial charge in [-0.15, -0.1) is 0 Å². The van der Waals surface area contributed by atoms with E-state index in [4.69, 9.17) is 16.7 Å². The van der Waals surface area contributed by atoms with Crippen molar-refractivity contribution in [1.82, 2.24) is 4.90 Å². The van der Waals surface area contributed by atoms with E-state index in [9.17, 15) is 22.8 Å². The zero-order valence-electron chi connectivity index (χ0n) is 14.0. The van der Waals surface area contributed by atoms with Gasteiger partial charge in [0.15, 0.2) is 0 Å². The first-order valence-corrected chi connectivity index (χ1v) is 8.31. The van der Waals surface area contributed by atoms with Crippen LogP contribution >= 0.6 is 11.6 Å². The first kappa shape index (κ1) is 20.1. The van der Waals surface area contributed by atoms with Gasteiger partial charge in [0.2, 0.25) is 5.91 Å². The largest absolute Gasteiger partial charge is 0.481 e. The van der Waals surface area contributed by atoms with Gasteiger partial charge in [-0.05, 0) is 31.5 Å². The van der Waals surface area contributed by atoms with Gasteiger partial charge in [0.1, 0.15) is 0 Å². The van der Waals surface area contributed by atoms with Crippen LogP contribution in [0.5, 0.6) is 0 Å². The van der Waals surface area contributed by atoms with Crippen LogP contribution in [0.1, 0.15) is 25.3 Å². The highest BCUT2D eigenvalue weighted by Gasteiger charge is 2.34. The number of hydrogen-bond acceptors (Lipinski definition) is 3. The Bertz CT molecular complexity index is 722. The maximum absolute atomic E-state index is 13.1. The summed E-state index contributed by atoms with van der Waals surface area (Å²) in [5, 5.41) is 8.30. The molecule has 2 rings (SSSR count). The van der Waals surface area contributed by atoms with Crippen molar-refractivity contribution >= 4 is 29.2 Å². The van der Waals surface area contributed by atoms with Crippen LogP contribution in [-0.4, -0.2) is 41.0 Å². The normalized spacial score (nSPS) is 18.2. The topological polar surface area (TPSA) is 60.9 Å². The standard InChI is InChI=1S/C17H18ClF3N2O3/c1-11-10-22(7-2-3-16(25)26)15(24)6-8-23(11)12-4-5-14(18)13(9-12)17(19,20)21/h4-6,8-9,11H,2-3,7,10H2,1H3,(H,25,26)/t11-/m1/s1. The Labute approximate surface area is 153 Å². The fourth-order valence-corrected chi connectivity index (χ4v) is 2.97. The maximum Gasteiger partial charge on any atom is 0.417 e. The van der Waals surface area contributed by atoms with Crippen LogP contribution in [0, 0.1) is 0 Å². The second-order valence-electron chi connectivity index (χ2n) is 6.02.